The maximum absolute atomic E-state index is 13.4. The minimum absolute atomic E-state index is 0.116. The molecule has 0 N–H and O–H groups in total. The van der Waals surface area contributed by atoms with Crippen molar-refractivity contribution in [1.82, 2.24) is 4.90 Å². The molecule has 1 fully saturated rings. The molecule has 2 aromatic carbocycles. The van der Waals surface area contributed by atoms with E-state index in [0.717, 1.165) is 35.5 Å². The highest BCUT2D eigenvalue weighted by Crippen LogP contribution is 2.39. The molecule has 0 spiro atoms. The maximum Gasteiger partial charge on any atom is 0.260 e. The van der Waals surface area contributed by atoms with Crippen molar-refractivity contribution in [1.29, 1.82) is 0 Å². The van der Waals surface area contributed by atoms with Crippen molar-refractivity contribution in [2.24, 2.45) is 5.41 Å². The van der Waals surface area contributed by atoms with Gasteiger partial charge in [-0.3, -0.25) is 14.6 Å². The highest BCUT2D eigenvalue weighted by Gasteiger charge is 2.35. The number of fused-ring (bicyclic) bond motifs is 1. The molecule has 0 unspecified atom stereocenters. The lowest BCUT2D eigenvalue weighted by Crippen LogP contribution is -2.46. The Morgan fingerprint density at radius 1 is 1.11 bits per heavy atom. The van der Waals surface area contributed by atoms with Gasteiger partial charge in [-0.15, -0.1) is 0 Å². The number of benzene rings is 2. The highest BCUT2D eigenvalue weighted by atomic mass is 16.2. The van der Waals surface area contributed by atoms with Gasteiger partial charge < -0.3 is 0 Å². The van der Waals surface area contributed by atoms with E-state index < -0.39 is 0 Å². The quantitative estimate of drug-likeness (QED) is 0.683. The molecule has 2 heterocycles. The number of rotatable bonds is 3. The summed E-state index contributed by atoms with van der Waals surface area (Å²) >= 11 is 0. The van der Waals surface area contributed by atoms with E-state index in [1.165, 1.54) is 24.0 Å². The molecule has 0 radical (unpaired) electrons. The first-order valence-corrected chi connectivity index (χ1v) is 10.3. The van der Waals surface area contributed by atoms with Crippen LogP contribution in [0.5, 0.6) is 0 Å². The Balaban J connectivity index is 1.68. The number of anilines is 1. The van der Waals surface area contributed by atoms with E-state index in [4.69, 9.17) is 0 Å². The van der Waals surface area contributed by atoms with E-state index in [-0.39, 0.29) is 5.91 Å². The van der Waals surface area contributed by atoms with Gasteiger partial charge in [-0.05, 0) is 61.9 Å². The van der Waals surface area contributed by atoms with Crippen LogP contribution in [0.15, 0.2) is 42.5 Å². The summed E-state index contributed by atoms with van der Waals surface area (Å²) in [5.41, 5.74) is 6.73. The van der Waals surface area contributed by atoms with Crippen LogP contribution in [-0.2, 0) is 4.79 Å². The monoisotopic (exact) mass is 374 g/mol. The van der Waals surface area contributed by atoms with Crippen LogP contribution >= 0.6 is 0 Å². The van der Waals surface area contributed by atoms with Crippen molar-refractivity contribution >= 4 is 23.2 Å². The molecule has 0 atom stereocenters. The number of amides is 1. The number of likely N-dealkylation sites (tertiary alicyclic amines) is 1. The van der Waals surface area contributed by atoms with E-state index in [0.29, 0.717) is 12.1 Å². The normalized spacial score (nSPS) is 20.6. The first-order valence-electron chi connectivity index (χ1n) is 10.3. The van der Waals surface area contributed by atoms with Crippen LogP contribution in [0.2, 0.25) is 0 Å². The van der Waals surface area contributed by atoms with Crippen molar-refractivity contribution in [3.8, 4) is 0 Å². The van der Waals surface area contributed by atoms with Gasteiger partial charge in [0.25, 0.3) is 5.91 Å². The van der Waals surface area contributed by atoms with Crippen molar-refractivity contribution in [2.75, 3.05) is 24.7 Å². The topological polar surface area (TPSA) is 23.6 Å². The van der Waals surface area contributed by atoms with Crippen LogP contribution in [0.3, 0.4) is 0 Å². The van der Waals surface area contributed by atoms with Crippen LogP contribution in [0.1, 0.15) is 48.9 Å². The summed E-state index contributed by atoms with van der Waals surface area (Å²) in [4.78, 5) is 17.8. The molecule has 3 nitrogen and oxygen atoms in total. The Kier molecular flexibility index (Phi) is 4.88. The summed E-state index contributed by atoms with van der Waals surface area (Å²) in [6.07, 6.45) is 4.53. The summed E-state index contributed by atoms with van der Waals surface area (Å²) < 4.78 is 0. The van der Waals surface area contributed by atoms with Gasteiger partial charge >= 0.3 is 0 Å². The zero-order valence-electron chi connectivity index (χ0n) is 17.5. The third-order valence-electron chi connectivity index (χ3n) is 6.02. The summed E-state index contributed by atoms with van der Waals surface area (Å²) in [6.45, 7) is 11.6. The Labute approximate surface area is 168 Å². The number of nitrogens with zero attached hydrogens (tertiary/aromatic N) is 2. The summed E-state index contributed by atoms with van der Waals surface area (Å²) in [7, 11) is 0. The average Bonchev–Trinajstić information content (AvgIpc) is 2.90. The van der Waals surface area contributed by atoms with E-state index in [1.54, 1.807) is 0 Å². The molecule has 1 amide bonds. The van der Waals surface area contributed by atoms with Gasteiger partial charge in [-0.2, -0.15) is 0 Å². The molecule has 28 heavy (non-hydrogen) atoms. The molecular weight excluding hydrogens is 344 g/mol. The molecule has 2 aliphatic rings. The Morgan fingerprint density at radius 2 is 1.89 bits per heavy atom. The molecule has 2 aromatic rings. The average molecular weight is 375 g/mol. The van der Waals surface area contributed by atoms with Crippen LogP contribution in [-0.4, -0.2) is 30.6 Å². The minimum atomic E-state index is 0.116. The van der Waals surface area contributed by atoms with Gasteiger partial charge in [0.15, 0.2) is 0 Å². The van der Waals surface area contributed by atoms with Gasteiger partial charge in [0.2, 0.25) is 0 Å². The summed E-state index contributed by atoms with van der Waals surface area (Å²) in [6, 6.07) is 14.6. The zero-order chi connectivity index (χ0) is 19.9. The second kappa shape index (κ2) is 7.21. The first kappa shape index (κ1) is 18.9. The number of aryl methyl sites for hydroxylation is 2. The number of para-hydroxylation sites is 1. The van der Waals surface area contributed by atoms with Crippen LogP contribution in [0.25, 0.3) is 11.6 Å². The molecule has 0 bridgehead atoms. The fourth-order valence-electron chi connectivity index (χ4n) is 4.52. The fraction of sp³-hybridized carbons (Fsp3) is 0.400. The number of hydrogen-bond acceptors (Lipinski definition) is 2. The number of piperidine rings is 1. The lowest BCUT2D eigenvalue weighted by molar-refractivity contribution is -0.113. The minimum Gasteiger partial charge on any atom is -0.294 e. The molecule has 146 valence electrons. The van der Waals surface area contributed by atoms with Crippen molar-refractivity contribution in [3.05, 3.63) is 64.7 Å². The van der Waals surface area contributed by atoms with Crippen LogP contribution in [0, 0.1) is 19.3 Å². The standard InChI is InChI=1S/C25H30N2O/c1-18-10-11-19(2)20(14-18)15-22-21-8-5-6-9-23(21)27(24(22)28)17-26-13-7-12-25(3,4)16-26/h5-6,8-11,14-15H,7,12-13,16-17H2,1-4H3. The number of carbonyl (C=O) groups is 1. The Morgan fingerprint density at radius 3 is 2.68 bits per heavy atom. The molecule has 0 aliphatic carbocycles. The Hall–Kier alpha value is -2.39. The molecule has 1 saturated heterocycles. The number of carbonyl (C=O) groups excluding carboxylic acids is 1. The zero-order valence-corrected chi connectivity index (χ0v) is 17.5. The van der Waals surface area contributed by atoms with E-state index in [2.05, 4.69) is 69.0 Å². The highest BCUT2D eigenvalue weighted by molar-refractivity contribution is 6.35. The third kappa shape index (κ3) is 3.64. The van der Waals surface area contributed by atoms with Gasteiger partial charge in [-0.25, -0.2) is 0 Å². The van der Waals surface area contributed by atoms with E-state index in [1.807, 2.05) is 17.0 Å². The van der Waals surface area contributed by atoms with Crippen molar-refractivity contribution in [2.45, 2.75) is 40.5 Å². The molecule has 3 heteroatoms. The molecule has 2 aliphatic heterocycles. The second-order valence-electron chi connectivity index (χ2n) is 9.13. The van der Waals surface area contributed by atoms with E-state index in [9.17, 15) is 4.79 Å². The lowest BCUT2D eigenvalue weighted by atomic mass is 9.84. The largest absolute Gasteiger partial charge is 0.294 e. The second-order valence-corrected chi connectivity index (χ2v) is 9.13. The van der Waals surface area contributed by atoms with Crippen LogP contribution in [0.4, 0.5) is 5.69 Å². The van der Waals surface area contributed by atoms with Gasteiger partial charge in [-0.1, -0.05) is 55.8 Å². The van der Waals surface area contributed by atoms with Crippen molar-refractivity contribution < 1.29 is 4.79 Å². The van der Waals surface area contributed by atoms with Crippen LogP contribution < -0.4 is 4.90 Å². The lowest BCUT2D eigenvalue weighted by Gasteiger charge is -2.39. The molecule has 0 aromatic heterocycles. The molecule has 4 rings (SSSR count). The van der Waals surface area contributed by atoms with Crippen molar-refractivity contribution in [3.63, 3.8) is 0 Å². The molecule has 0 saturated carbocycles. The summed E-state index contributed by atoms with van der Waals surface area (Å²) in [5.74, 6) is 0.116. The number of hydrogen-bond donors (Lipinski definition) is 0. The van der Waals surface area contributed by atoms with E-state index >= 15 is 0 Å². The summed E-state index contributed by atoms with van der Waals surface area (Å²) in [5, 5.41) is 0. The van der Waals surface area contributed by atoms with Gasteiger partial charge in [0.1, 0.15) is 0 Å². The SMILES string of the molecule is Cc1ccc(C)c(C=C2C(=O)N(CN3CCCC(C)(C)C3)c3ccccc32)c1. The fourth-order valence-corrected chi connectivity index (χ4v) is 4.52. The predicted octanol–water partition coefficient (Wildman–Crippen LogP) is 5.27. The third-order valence-corrected chi connectivity index (χ3v) is 6.02. The first-order chi connectivity index (χ1) is 13.3. The smallest absolute Gasteiger partial charge is 0.260 e. The van der Waals surface area contributed by atoms with Gasteiger partial charge in [0.05, 0.1) is 12.4 Å². The maximum atomic E-state index is 13.4. The molecular formula is C25H30N2O. The van der Waals surface area contributed by atoms with Gasteiger partial charge in [0, 0.05) is 17.7 Å². The Bertz CT molecular complexity index is 941. The predicted molar refractivity (Wildman–Crippen MR) is 117 cm³/mol.